The van der Waals surface area contributed by atoms with E-state index in [1.54, 1.807) is 6.07 Å². The van der Waals surface area contributed by atoms with Crippen molar-refractivity contribution < 1.29 is 14.4 Å². The van der Waals surface area contributed by atoms with E-state index in [1.807, 2.05) is 25.1 Å². The topological polar surface area (TPSA) is 68.4 Å². The summed E-state index contributed by atoms with van der Waals surface area (Å²) in [7, 11) is 0. The van der Waals surface area contributed by atoms with Crippen LogP contribution in [0.25, 0.3) is 0 Å². The number of rotatable bonds is 5. The zero-order chi connectivity index (χ0) is 12.1. The summed E-state index contributed by atoms with van der Waals surface area (Å²) >= 11 is 0. The van der Waals surface area contributed by atoms with Gasteiger partial charge >= 0.3 is 0 Å². The fourth-order valence-electron chi connectivity index (χ4n) is 1.37. The Hall–Kier alpha value is -1.88. The summed E-state index contributed by atoms with van der Waals surface area (Å²) in [6, 6.07) is 7.24. The van der Waals surface area contributed by atoms with Gasteiger partial charge in [-0.1, -0.05) is 24.2 Å². The minimum Gasteiger partial charge on any atom is -0.484 e. The van der Waals surface area contributed by atoms with Gasteiger partial charge in [-0.15, -0.1) is 0 Å². The van der Waals surface area contributed by atoms with Crippen molar-refractivity contribution in [2.45, 2.75) is 26.6 Å². The van der Waals surface area contributed by atoms with E-state index < -0.39 is 0 Å². The Kier molecular flexibility index (Phi) is 3.72. The predicted molar refractivity (Wildman–Crippen MR) is 60.4 cm³/mol. The van der Waals surface area contributed by atoms with Gasteiger partial charge in [-0.25, -0.2) is 0 Å². The minimum absolute atomic E-state index is 0.00224. The lowest BCUT2D eigenvalue weighted by Crippen LogP contribution is -1.96. The molecule has 2 aromatic rings. The van der Waals surface area contributed by atoms with E-state index in [4.69, 9.17) is 14.4 Å². The first kappa shape index (κ1) is 11.6. The first-order chi connectivity index (χ1) is 8.31. The number of ether oxygens (including phenoxy) is 1. The maximum Gasteiger partial charge on any atom is 0.264 e. The van der Waals surface area contributed by atoms with Gasteiger partial charge in [0.1, 0.15) is 5.75 Å². The van der Waals surface area contributed by atoms with Crippen LogP contribution in [-0.2, 0) is 19.6 Å². The van der Waals surface area contributed by atoms with Crippen LogP contribution in [-0.4, -0.2) is 15.2 Å². The second-order valence-electron chi connectivity index (χ2n) is 3.55. The lowest BCUT2D eigenvalue weighted by Gasteiger charge is -2.04. The molecule has 5 nitrogen and oxygen atoms in total. The molecule has 0 aliphatic heterocycles. The summed E-state index contributed by atoms with van der Waals surface area (Å²) in [5, 5.41) is 12.8. The summed E-state index contributed by atoms with van der Waals surface area (Å²) in [6.45, 7) is 2.19. The Morgan fingerprint density at radius 1 is 1.41 bits per heavy atom. The standard InChI is InChI=1S/C12H14N2O3/c1-2-11-13-12(17-14-11)8-16-10-5-3-4-9(6-10)7-15/h3-6,15H,2,7-8H2,1H3. The molecule has 0 amide bonds. The van der Waals surface area contributed by atoms with Crippen molar-refractivity contribution in [2.75, 3.05) is 0 Å². The first-order valence-corrected chi connectivity index (χ1v) is 5.46. The first-order valence-electron chi connectivity index (χ1n) is 5.46. The molecule has 1 N–H and O–H groups in total. The molecule has 1 aromatic heterocycles. The number of hydrogen-bond acceptors (Lipinski definition) is 5. The Labute approximate surface area is 99.0 Å². The second kappa shape index (κ2) is 5.45. The molecule has 0 radical (unpaired) electrons. The molecular weight excluding hydrogens is 220 g/mol. The van der Waals surface area contributed by atoms with Crippen LogP contribution in [0.3, 0.4) is 0 Å². The number of hydrogen-bond donors (Lipinski definition) is 1. The normalized spacial score (nSPS) is 10.5. The maximum atomic E-state index is 8.99. The molecule has 0 saturated heterocycles. The van der Waals surface area contributed by atoms with Gasteiger partial charge in [0.25, 0.3) is 5.89 Å². The Bertz CT molecular complexity index is 482. The van der Waals surface area contributed by atoms with Gasteiger partial charge in [0.05, 0.1) is 6.61 Å². The van der Waals surface area contributed by atoms with Gasteiger partial charge in [-0.05, 0) is 17.7 Å². The van der Waals surface area contributed by atoms with Gasteiger partial charge < -0.3 is 14.4 Å². The van der Waals surface area contributed by atoms with E-state index in [9.17, 15) is 0 Å². The number of aromatic nitrogens is 2. The Balaban J connectivity index is 1.96. The molecule has 90 valence electrons. The molecular formula is C12H14N2O3. The van der Waals surface area contributed by atoms with Crippen molar-refractivity contribution in [3.8, 4) is 5.75 Å². The maximum absolute atomic E-state index is 8.99. The molecule has 1 aromatic carbocycles. The quantitative estimate of drug-likeness (QED) is 0.852. The number of aliphatic hydroxyl groups excluding tert-OH is 1. The van der Waals surface area contributed by atoms with Crippen molar-refractivity contribution in [3.63, 3.8) is 0 Å². The van der Waals surface area contributed by atoms with Crippen LogP contribution in [0.5, 0.6) is 5.75 Å². The van der Waals surface area contributed by atoms with Crippen LogP contribution in [0.4, 0.5) is 0 Å². The highest BCUT2D eigenvalue weighted by molar-refractivity contribution is 5.27. The zero-order valence-electron chi connectivity index (χ0n) is 9.59. The van der Waals surface area contributed by atoms with Gasteiger partial charge in [-0.2, -0.15) is 4.98 Å². The summed E-state index contributed by atoms with van der Waals surface area (Å²) in [6.07, 6.45) is 0.740. The van der Waals surface area contributed by atoms with Crippen molar-refractivity contribution in [1.29, 1.82) is 0 Å². The number of benzene rings is 1. The predicted octanol–water partition coefficient (Wildman–Crippen LogP) is 1.70. The molecule has 0 aliphatic rings. The van der Waals surface area contributed by atoms with Crippen LogP contribution < -0.4 is 4.74 Å². The Morgan fingerprint density at radius 2 is 2.29 bits per heavy atom. The molecule has 1 heterocycles. The van der Waals surface area contributed by atoms with Gasteiger partial charge in [0, 0.05) is 6.42 Å². The summed E-state index contributed by atoms with van der Waals surface area (Å²) in [5.41, 5.74) is 0.808. The average Bonchev–Trinajstić information content (AvgIpc) is 2.84. The number of nitrogens with zero attached hydrogens (tertiary/aromatic N) is 2. The third-order valence-electron chi connectivity index (χ3n) is 2.27. The molecule has 0 saturated carbocycles. The van der Waals surface area contributed by atoms with E-state index in [2.05, 4.69) is 10.1 Å². The number of aliphatic hydroxyl groups is 1. The van der Waals surface area contributed by atoms with Crippen molar-refractivity contribution in [3.05, 3.63) is 41.5 Å². The molecule has 17 heavy (non-hydrogen) atoms. The minimum atomic E-state index is -0.00224. The number of aryl methyl sites for hydroxylation is 1. The SMILES string of the molecule is CCc1noc(COc2cccc(CO)c2)n1. The van der Waals surface area contributed by atoms with Gasteiger partial charge in [-0.3, -0.25) is 0 Å². The van der Waals surface area contributed by atoms with Crippen LogP contribution in [0.1, 0.15) is 24.2 Å². The van der Waals surface area contributed by atoms with E-state index >= 15 is 0 Å². The van der Waals surface area contributed by atoms with Crippen molar-refractivity contribution in [2.24, 2.45) is 0 Å². The van der Waals surface area contributed by atoms with Crippen LogP contribution in [0.2, 0.25) is 0 Å². The van der Waals surface area contributed by atoms with Crippen molar-refractivity contribution >= 4 is 0 Å². The molecule has 0 fully saturated rings. The lowest BCUT2D eigenvalue weighted by molar-refractivity contribution is 0.241. The largest absolute Gasteiger partial charge is 0.484 e. The summed E-state index contributed by atoms with van der Waals surface area (Å²) < 4.78 is 10.5. The molecule has 0 atom stereocenters. The highest BCUT2D eigenvalue weighted by atomic mass is 16.5. The average molecular weight is 234 g/mol. The molecule has 2 rings (SSSR count). The highest BCUT2D eigenvalue weighted by Crippen LogP contribution is 2.14. The third kappa shape index (κ3) is 3.04. The summed E-state index contributed by atoms with van der Waals surface area (Å²) in [5.74, 6) is 1.80. The molecule has 0 aliphatic carbocycles. The Morgan fingerprint density at radius 3 is 3.00 bits per heavy atom. The fourth-order valence-corrected chi connectivity index (χ4v) is 1.37. The lowest BCUT2D eigenvalue weighted by atomic mass is 10.2. The van der Waals surface area contributed by atoms with E-state index in [1.165, 1.54) is 0 Å². The van der Waals surface area contributed by atoms with Gasteiger partial charge in [0.2, 0.25) is 0 Å². The van der Waals surface area contributed by atoms with E-state index in [0.29, 0.717) is 17.5 Å². The van der Waals surface area contributed by atoms with E-state index in [-0.39, 0.29) is 13.2 Å². The van der Waals surface area contributed by atoms with Gasteiger partial charge in [0.15, 0.2) is 12.4 Å². The molecule has 0 bridgehead atoms. The third-order valence-corrected chi connectivity index (χ3v) is 2.27. The fraction of sp³-hybridized carbons (Fsp3) is 0.333. The zero-order valence-corrected chi connectivity index (χ0v) is 9.59. The molecule has 5 heteroatoms. The summed E-state index contributed by atoms with van der Waals surface area (Å²) in [4.78, 5) is 4.13. The van der Waals surface area contributed by atoms with Crippen LogP contribution in [0.15, 0.2) is 28.8 Å². The monoisotopic (exact) mass is 234 g/mol. The molecule has 0 spiro atoms. The smallest absolute Gasteiger partial charge is 0.264 e. The van der Waals surface area contributed by atoms with Crippen LogP contribution in [0, 0.1) is 0 Å². The second-order valence-corrected chi connectivity index (χ2v) is 3.55. The van der Waals surface area contributed by atoms with Crippen LogP contribution >= 0.6 is 0 Å². The highest BCUT2D eigenvalue weighted by Gasteiger charge is 2.05. The van der Waals surface area contributed by atoms with Crippen molar-refractivity contribution in [1.82, 2.24) is 10.1 Å². The molecule has 0 unspecified atom stereocenters. The van der Waals surface area contributed by atoms with E-state index in [0.717, 1.165) is 12.0 Å².